The normalized spacial score (nSPS) is 20.5. The van der Waals surface area contributed by atoms with Gasteiger partial charge in [-0.2, -0.15) is 26.3 Å². The maximum absolute atomic E-state index is 15.0. The van der Waals surface area contributed by atoms with E-state index in [9.17, 15) is 58.2 Å². The number of carboxylic acids is 1. The summed E-state index contributed by atoms with van der Waals surface area (Å²) in [4.78, 5) is 26.0. The van der Waals surface area contributed by atoms with E-state index in [2.05, 4.69) is 0 Å². The first kappa shape index (κ1) is 32.7. The third-order valence-corrected chi connectivity index (χ3v) is 11.3. The number of hydrogen-bond donors (Lipinski definition) is 1. The molecule has 5 rings (SSSR count). The lowest BCUT2D eigenvalue weighted by atomic mass is 9.76. The quantitative estimate of drug-likeness (QED) is 0.232. The highest BCUT2D eigenvalue weighted by atomic mass is 35.5. The van der Waals surface area contributed by atoms with Crippen LogP contribution in [0.3, 0.4) is 0 Å². The van der Waals surface area contributed by atoms with Gasteiger partial charge in [0.2, 0.25) is 0 Å². The van der Waals surface area contributed by atoms with Crippen LogP contribution in [-0.2, 0) is 26.7 Å². The van der Waals surface area contributed by atoms with Gasteiger partial charge in [-0.1, -0.05) is 29.8 Å². The van der Waals surface area contributed by atoms with Crippen LogP contribution in [0.15, 0.2) is 65.6 Å². The Balaban J connectivity index is 1.70. The second kappa shape index (κ2) is 10.7. The fourth-order valence-electron chi connectivity index (χ4n) is 6.29. The zero-order valence-corrected chi connectivity index (χ0v) is 24.1. The number of aryl methyl sites for hydroxylation is 1. The summed E-state index contributed by atoms with van der Waals surface area (Å²) >= 11 is 5.91. The van der Waals surface area contributed by atoms with E-state index in [1.165, 1.54) is 6.07 Å². The number of sulfone groups is 1. The first-order valence-electron chi connectivity index (χ1n) is 13.1. The van der Waals surface area contributed by atoms with Crippen molar-refractivity contribution < 1.29 is 58.2 Å². The van der Waals surface area contributed by atoms with Crippen LogP contribution in [0.25, 0.3) is 0 Å². The van der Waals surface area contributed by atoms with Gasteiger partial charge in [-0.15, -0.1) is 0 Å². The molecule has 0 spiro atoms. The molecule has 3 aromatic carbocycles. The molecular formula is C29H20ClF8NO5S. The maximum Gasteiger partial charge on any atom is 0.435 e. The van der Waals surface area contributed by atoms with Crippen LogP contribution in [-0.4, -0.2) is 55.2 Å². The molecule has 1 heterocycles. The summed E-state index contributed by atoms with van der Waals surface area (Å²) < 4.78 is 137. The van der Waals surface area contributed by atoms with Gasteiger partial charge in [0.15, 0.2) is 9.84 Å². The Morgan fingerprint density at radius 3 is 2.11 bits per heavy atom. The van der Waals surface area contributed by atoms with E-state index < -0.39 is 78.8 Å². The van der Waals surface area contributed by atoms with E-state index in [1.807, 2.05) is 0 Å². The molecule has 2 aliphatic rings. The zero-order valence-electron chi connectivity index (χ0n) is 22.5. The molecular weight excluding hydrogens is 662 g/mol. The Hall–Kier alpha value is -3.72. The van der Waals surface area contributed by atoms with Crippen molar-refractivity contribution in [1.29, 1.82) is 0 Å². The summed E-state index contributed by atoms with van der Waals surface area (Å²) in [5.74, 6) is -3.06. The van der Waals surface area contributed by atoms with Crippen molar-refractivity contribution in [3.8, 4) is 0 Å². The smallest absolute Gasteiger partial charge is 0.435 e. The van der Waals surface area contributed by atoms with E-state index in [4.69, 9.17) is 11.6 Å². The summed E-state index contributed by atoms with van der Waals surface area (Å²) in [6.07, 6.45) is -13.8. The lowest BCUT2D eigenvalue weighted by Crippen LogP contribution is -2.53. The van der Waals surface area contributed by atoms with Crippen molar-refractivity contribution in [1.82, 2.24) is 4.90 Å². The number of benzene rings is 3. The minimum absolute atomic E-state index is 0.175. The summed E-state index contributed by atoms with van der Waals surface area (Å²) in [6, 6.07) is 6.91. The van der Waals surface area contributed by atoms with Crippen molar-refractivity contribution in [3.63, 3.8) is 0 Å². The second-order valence-electron chi connectivity index (χ2n) is 10.7. The van der Waals surface area contributed by atoms with Crippen molar-refractivity contribution >= 4 is 33.3 Å². The van der Waals surface area contributed by atoms with Gasteiger partial charge in [0.1, 0.15) is 10.6 Å². The molecule has 1 amide bonds. The Kier molecular flexibility index (Phi) is 7.75. The fourth-order valence-corrected chi connectivity index (χ4v) is 8.85. The number of fused-ring (bicyclic) bond motifs is 3. The molecule has 1 N–H and O–H groups in total. The lowest BCUT2D eigenvalue weighted by Gasteiger charge is -2.43. The third kappa shape index (κ3) is 4.85. The van der Waals surface area contributed by atoms with Gasteiger partial charge < -0.3 is 10.0 Å². The van der Waals surface area contributed by atoms with Gasteiger partial charge in [-0.05, 0) is 72.9 Å². The monoisotopic (exact) mass is 681 g/mol. The van der Waals surface area contributed by atoms with Crippen LogP contribution < -0.4 is 0 Å². The first-order chi connectivity index (χ1) is 20.8. The van der Waals surface area contributed by atoms with E-state index >= 15 is 0 Å². The number of carbonyl (C=O) groups excluding carboxylic acids is 1. The van der Waals surface area contributed by atoms with Crippen molar-refractivity contribution in [2.45, 2.75) is 53.0 Å². The van der Waals surface area contributed by atoms with E-state index in [0.717, 1.165) is 41.3 Å². The van der Waals surface area contributed by atoms with Gasteiger partial charge in [-0.3, -0.25) is 4.79 Å². The summed E-state index contributed by atoms with van der Waals surface area (Å²) in [5, 5.41) is 9.24. The number of carbonyl (C=O) groups is 2. The topological polar surface area (TPSA) is 91.8 Å². The minimum atomic E-state index is -6.40. The number of alkyl halides is 7. The first-order valence-corrected chi connectivity index (χ1v) is 14.9. The molecule has 0 saturated carbocycles. The Bertz CT molecular complexity index is 1800. The molecule has 0 unspecified atom stereocenters. The molecule has 16 heteroatoms. The SMILES string of the molecule is O=C(O)c1cc(C(=O)N2CC[C@@]3(S(=O)(=O)c4ccc(F)cc4)c4ccc(C(F)(C(F)(F)F)C(F)(F)F)cc4CC[C@@H]23)ccc1Cl. The number of carboxylic acid groups (broad SMARTS) is 1. The number of halogens is 9. The minimum Gasteiger partial charge on any atom is -0.478 e. The molecule has 3 aromatic rings. The highest BCUT2D eigenvalue weighted by Crippen LogP contribution is 2.56. The summed E-state index contributed by atoms with van der Waals surface area (Å²) in [5.41, 5.74) is -8.69. The Morgan fingerprint density at radius 1 is 0.911 bits per heavy atom. The molecule has 1 aliphatic heterocycles. The van der Waals surface area contributed by atoms with E-state index in [-0.39, 0.29) is 47.2 Å². The largest absolute Gasteiger partial charge is 0.478 e. The van der Waals surface area contributed by atoms with Crippen LogP contribution in [0.4, 0.5) is 35.1 Å². The van der Waals surface area contributed by atoms with E-state index in [0.29, 0.717) is 12.1 Å². The number of hydrogen-bond acceptors (Lipinski definition) is 4. The predicted octanol–water partition coefficient (Wildman–Crippen LogP) is 7.00. The molecule has 45 heavy (non-hydrogen) atoms. The zero-order chi connectivity index (χ0) is 33.3. The van der Waals surface area contributed by atoms with Crippen LogP contribution in [0.5, 0.6) is 0 Å². The Morgan fingerprint density at radius 2 is 1.53 bits per heavy atom. The average molecular weight is 682 g/mol. The van der Waals surface area contributed by atoms with Crippen LogP contribution >= 0.6 is 11.6 Å². The number of amides is 1. The molecule has 240 valence electrons. The van der Waals surface area contributed by atoms with Crippen molar-refractivity contribution in [2.75, 3.05) is 6.54 Å². The Labute approximate surface area is 255 Å². The molecule has 1 aliphatic carbocycles. The van der Waals surface area contributed by atoms with Gasteiger partial charge >= 0.3 is 24.0 Å². The van der Waals surface area contributed by atoms with Gasteiger partial charge in [0, 0.05) is 17.7 Å². The van der Waals surface area contributed by atoms with Crippen molar-refractivity contribution in [3.05, 3.63) is 99.3 Å². The fraction of sp³-hybridized carbons (Fsp3) is 0.310. The molecule has 1 fully saturated rings. The lowest BCUT2D eigenvalue weighted by molar-refractivity contribution is -0.348. The number of likely N-dealkylation sites (tertiary alicyclic amines) is 1. The number of rotatable bonds is 5. The molecule has 2 atom stereocenters. The summed E-state index contributed by atoms with van der Waals surface area (Å²) in [7, 11) is -4.69. The highest BCUT2D eigenvalue weighted by Gasteiger charge is 2.73. The second-order valence-corrected chi connectivity index (χ2v) is 13.3. The third-order valence-electron chi connectivity index (χ3n) is 8.37. The molecule has 0 aromatic heterocycles. The average Bonchev–Trinajstić information content (AvgIpc) is 3.37. The standard InChI is InChI=1S/C29H20ClF8NO5S/c30-22-9-1-16(14-20(22)25(41)42)24(40)39-12-11-26(45(43,44)19-6-4-18(31)5-7-19)21-8-3-17(13-15(21)2-10-23(26)39)27(32,28(33,34)35)29(36,37)38/h1,3-9,13-14,23H,2,10-12H2,(H,41,42)/t23-,26-/m1/s1. The van der Waals surface area contributed by atoms with Crippen LogP contribution in [0, 0.1) is 5.82 Å². The van der Waals surface area contributed by atoms with E-state index in [1.54, 1.807) is 0 Å². The predicted molar refractivity (Wildman–Crippen MR) is 143 cm³/mol. The van der Waals surface area contributed by atoms with Crippen molar-refractivity contribution in [2.24, 2.45) is 0 Å². The van der Waals surface area contributed by atoms with Gasteiger partial charge in [-0.25, -0.2) is 22.0 Å². The van der Waals surface area contributed by atoms with Gasteiger partial charge in [0.05, 0.1) is 21.5 Å². The van der Waals surface area contributed by atoms with Gasteiger partial charge in [0.25, 0.3) is 5.91 Å². The summed E-state index contributed by atoms with van der Waals surface area (Å²) in [6.45, 7) is -0.283. The number of aromatic carboxylic acids is 1. The maximum atomic E-state index is 15.0. The molecule has 6 nitrogen and oxygen atoms in total. The highest BCUT2D eigenvalue weighted by molar-refractivity contribution is 7.92. The number of nitrogens with zero attached hydrogens (tertiary/aromatic N) is 1. The molecule has 0 radical (unpaired) electrons. The van der Waals surface area contributed by atoms with Crippen LogP contribution in [0.1, 0.15) is 50.2 Å². The molecule has 1 saturated heterocycles. The molecule has 0 bridgehead atoms. The van der Waals surface area contributed by atoms with Crippen LogP contribution in [0.2, 0.25) is 5.02 Å².